The summed E-state index contributed by atoms with van der Waals surface area (Å²) in [6.07, 6.45) is 10.8. The second-order valence-electron chi connectivity index (χ2n) is 13.9. The van der Waals surface area contributed by atoms with E-state index in [1.54, 1.807) is 31.2 Å². The third-order valence-corrected chi connectivity index (χ3v) is 9.26. The van der Waals surface area contributed by atoms with Crippen molar-refractivity contribution >= 4 is 35.6 Å². The summed E-state index contributed by atoms with van der Waals surface area (Å²) >= 11 is 0. The molecule has 0 radical (unpaired) electrons. The number of unbranched alkanes of at least 4 members (excludes halogenated alkanes) is 8. The number of aliphatic carboxylic acids is 1. The predicted octanol–water partition coefficient (Wildman–Crippen LogP) is 5.08. The largest absolute Gasteiger partial charge is 0.519 e. The zero-order valence-corrected chi connectivity index (χ0v) is 34.3. The number of methoxy groups -OCH3 is 1. The van der Waals surface area contributed by atoms with Gasteiger partial charge in [-0.2, -0.15) is 0 Å². The molecule has 1 unspecified atom stereocenters. The number of carboxylic acids is 1. The number of amides is 1. The smallest absolute Gasteiger partial charge is 0.481 e. The number of benzene rings is 1. The molecule has 0 spiro atoms. The van der Waals surface area contributed by atoms with Gasteiger partial charge in [-0.1, -0.05) is 75.7 Å². The van der Waals surface area contributed by atoms with Gasteiger partial charge >= 0.3 is 29.7 Å². The summed E-state index contributed by atoms with van der Waals surface area (Å²) < 4.78 is 29.7. The van der Waals surface area contributed by atoms with Gasteiger partial charge in [-0.3, -0.25) is 14.4 Å². The van der Waals surface area contributed by atoms with E-state index >= 15 is 0 Å². The van der Waals surface area contributed by atoms with Gasteiger partial charge in [0, 0.05) is 19.3 Å². The van der Waals surface area contributed by atoms with Gasteiger partial charge in [0.1, 0.15) is 24.2 Å². The van der Waals surface area contributed by atoms with Crippen molar-refractivity contribution in [1.29, 1.82) is 0 Å². The van der Waals surface area contributed by atoms with Crippen LogP contribution in [-0.4, -0.2) is 77.7 Å². The van der Waals surface area contributed by atoms with E-state index in [1.165, 1.54) is 19.4 Å². The number of aryl methyl sites for hydroxylation is 1. The molecule has 16 heteroatoms. The number of esters is 3. The van der Waals surface area contributed by atoms with E-state index in [0.29, 0.717) is 37.0 Å². The Morgan fingerprint density at radius 2 is 1.58 bits per heavy atom. The van der Waals surface area contributed by atoms with Crippen molar-refractivity contribution in [3.63, 3.8) is 0 Å². The fraction of sp³-hybridized carbons (Fsp3) is 0.558. The minimum Gasteiger partial charge on any atom is -0.481 e. The molecule has 3 N–H and O–H groups in total. The molecule has 3 atom stereocenters. The molecule has 1 aromatic carbocycles. The summed E-state index contributed by atoms with van der Waals surface area (Å²) in [5.41, 5.74) is -2.61. The summed E-state index contributed by atoms with van der Waals surface area (Å²) in [7, 11) is 1.09. The predicted molar refractivity (Wildman–Crippen MR) is 212 cm³/mol. The Balaban J connectivity index is 2.28. The van der Waals surface area contributed by atoms with Crippen molar-refractivity contribution in [1.82, 2.24) is 5.32 Å². The van der Waals surface area contributed by atoms with E-state index in [1.807, 2.05) is 0 Å². The van der Waals surface area contributed by atoms with Crippen LogP contribution >= 0.6 is 0 Å². The van der Waals surface area contributed by atoms with E-state index in [0.717, 1.165) is 58.1 Å². The van der Waals surface area contributed by atoms with Gasteiger partial charge in [-0.05, 0) is 57.2 Å². The molecule has 0 aliphatic carbocycles. The van der Waals surface area contributed by atoms with Gasteiger partial charge < -0.3 is 43.3 Å². The third kappa shape index (κ3) is 18.6. The Kier molecular flexibility index (Phi) is 22.7. The van der Waals surface area contributed by atoms with E-state index < -0.39 is 72.8 Å². The Labute approximate surface area is 344 Å². The molecular weight excluding hydrogens is 770 g/mol. The Morgan fingerprint density at radius 1 is 0.915 bits per heavy atom. The first-order valence-electron chi connectivity index (χ1n) is 19.8. The van der Waals surface area contributed by atoms with Gasteiger partial charge in [0.25, 0.3) is 0 Å². The second-order valence-corrected chi connectivity index (χ2v) is 13.9. The van der Waals surface area contributed by atoms with Crippen LogP contribution in [0.4, 0.5) is 0 Å². The molecule has 1 amide bonds. The van der Waals surface area contributed by atoms with Crippen molar-refractivity contribution in [3.8, 4) is 17.6 Å². The van der Waals surface area contributed by atoms with Gasteiger partial charge in [-0.25, -0.2) is 19.2 Å². The molecule has 59 heavy (non-hydrogen) atoms. The maximum absolute atomic E-state index is 14.0. The van der Waals surface area contributed by atoms with Crippen molar-refractivity contribution in [2.75, 3.05) is 20.3 Å². The molecule has 2 rings (SSSR count). The minimum absolute atomic E-state index is 0.0129. The van der Waals surface area contributed by atoms with Crippen LogP contribution in [0.15, 0.2) is 50.0 Å². The molecular formula is C43H57NO15. The standard InChI is InChI=1S/C43H57NO15/c1-5-7-9-12-15-18-32(45)19-16-13-10-11-14-17-20-34(43(53,41(50)51)27-37(46)56-28-36-30(3)58-42(52)59-36)39(48)44-35(40(49)57-29-38(47)54-4)26-31-21-23-33(24-22-31)55-25-8-6-2/h17,20-24,34-35,53H,5,7,9-16,18-19,25-29H2,1-4H3,(H,44,48)(H,50,51)/t34?,35-,43-/m0/s1. The molecule has 1 aromatic heterocycles. The molecule has 0 saturated carbocycles. The van der Waals surface area contributed by atoms with Gasteiger partial charge in [0.05, 0.1) is 19.4 Å². The highest BCUT2D eigenvalue weighted by molar-refractivity contribution is 5.95. The summed E-state index contributed by atoms with van der Waals surface area (Å²) in [5.74, 6) is -3.30. The van der Waals surface area contributed by atoms with Crippen LogP contribution in [0.2, 0.25) is 0 Å². The summed E-state index contributed by atoms with van der Waals surface area (Å²) in [5, 5.41) is 24.3. The monoisotopic (exact) mass is 827 g/mol. The number of carboxylic acid groups (broad SMARTS) is 1. The SMILES string of the molecule is CC#CCOc1ccc(C[C@H](NC(=O)C(C=CCCCCCCC(=O)CCCCCCC)[C@@](O)(CC(=O)OCc2oc(=O)oc2C)C(=O)O)C(=O)OCC(=O)OC)cc1. The number of rotatable bonds is 29. The number of hydrogen-bond donors (Lipinski definition) is 3. The first kappa shape index (κ1) is 49.5. The van der Waals surface area contributed by atoms with Crippen molar-refractivity contribution in [3.05, 3.63) is 64.1 Å². The van der Waals surface area contributed by atoms with E-state index in [-0.39, 0.29) is 30.3 Å². The number of carbonyl (C=O) groups excluding carboxylic acids is 5. The van der Waals surface area contributed by atoms with Crippen LogP contribution < -0.4 is 15.9 Å². The van der Waals surface area contributed by atoms with E-state index in [4.69, 9.17) is 23.0 Å². The maximum atomic E-state index is 14.0. The number of aliphatic hydroxyl groups is 1. The van der Waals surface area contributed by atoms with Crippen LogP contribution in [0.25, 0.3) is 0 Å². The number of Topliss-reactive ketones (excluding diaryl/α,β-unsaturated/α-hetero) is 1. The molecule has 0 aliphatic rings. The van der Waals surface area contributed by atoms with Gasteiger partial charge in [0.2, 0.25) is 5.91 Å². The van der Waals surface area contributed by atoms with Crippen molar-refractivity contribution in [2.45, 2.75) is 129 Å². The average Bonchev–Trinajstić information content (AvgIpc) is 3.54. The fourth-order valence-corrected chi connectivity index (χ4v) is 5.82. The van der Waals surface area contributed by atoms with E-state index in [9.17, 15) is 43.8 Å². The molecule has 0 fully saturated rings. The fourth-order valence-electron chi connectivity index (χ4n) is 5.82. The highest BCUT2D eigenvalue weighted by Crippen LogP contribution is 2.27. The van der Waals surface area contributed by atoms with E-state index in [2.05, 4.69) is 28.8 Å². The van der Waals surface area contributed by atoms with Crippen molar-refractivity contribution in [2.24, 2.45) is 5.92 Å². The molecule has 2 aromatic rings. The lowest BCUT2D eigenvalue weighted by molar-refractivity contribution is -0.174. The number of ketones is 1. The topological polar surface area (TPSA) is 235 Å². The number of allylic oxidation sites excluding steroid dienone is 1. The van der Waals surface area contributed by atoms with Crippen LogP contribution in [0.1, 0.15) is 114 Å². The summed E-state index contributed by atoms with van der Waals surface area (Å²) in [6, 6.07) is 4.91. The minimum atomic E-state index is -3.11. The third-order valence-electron chi connectivity index (χ3n) is 9.26. The average molecular weight is 828 g/mol. The lowest BCUT2D eigenvalue weighted by Gasteiger charge is -2.30. The van der Waals surface area contributed by atoms with Crippen LogP contribution in [0.3, 0.4) is 0 Å². The van der Waals surface area contributed by atoms with Crippen LogP contribution in [0, 0.1) is 24.7 Å². The lowest BCUT2D eigenvalue weighted by Crippen LogP contribution is -2.55. The number of hydrogen-bond acceptors (Lipinski definition) is 14. The molecule has 0 aliphatic heterocycles. The number of carbonyl (C=O) groups is 6. The molecule has 0 saturated heterocycles. The molecule has 16 nitrogen and oxygen atoms in total. The zero-order valence-electron chi connectivity index (χ0n) is 34.3. The first-order chi connectivity index (χ1) is 28.2. The van der Waals surface area contributed by atoms with Gasteiger partial charge in [-0.15, -0.1) is 5.92 Å². The second kappa shape index (κ2) is 27.1. The molecule has 0 bridgehead atoms. The normalized spacial score (nSPS) is 13.0. The molecule has 1 heterocycles. The first-order valence-corrected chi connectivity index (χ1v) is 19.8. The Morgan fingerprint density at radius 3 is 2.17 bits per heavy atom. The lowest BCUT2D eigenvalue weighted by atomic mass is 9.82. The number of ether oxygens (including phenoxy) is 4. The Hall–Kier alpha value is -5.69. The van der Waals surface area contributed by atoms with Gasteiger partial charge in [0.15, 0.2) is 30.3 Å². The molecule has 324 valence electrons. The van der Waals surface area contributed by atoms with Crippen LogP contribution in [0.5, 0.6) is 5.75 Å². The zero-order chi connectivity index (χ0) is 43.6. The Bertz CT molecular complexity index is 1810. The summed E-state index contributed by atoms with van der Waals surface area (Å²) in [4.78, 5) is 88.4. The van der Waals surface area contributed by atoms with Crippen molar-refractivity contribution < 1.29 is 66.8 Å². The summed E-state index contributed by atoms with van der Waals surface area (Å²) in [6.45, 7) is 3.90. The maximum Gasteiger partial charge on any atom is 0.519 e. The highest BCUT2D eigenvalue weighted by Gasteiger charge is 2.49. The van der Waals surface area contributed by atoms with Crippen LogP contribution in [-0.2, 0) is 56.0 Å². The quantitative estimate of drug-likeness (QED) is 0.0319. The number of nitrogens with one attached hydrogen (secondary N) is 1. The highest BCUT2D eigenvalue weighted by atomic mass is 16.6.